The molecule has 238 valence electrons. The van der Waals surface area contributed by atoms with E-state index in [2.05, 4.69) is 152 Å². The van der Waals surface area contributed by atoms with Crippen LogP contribution in [0.15, 0.2) is 167 Å². The first-order valence-electron chi connectivity index (χ1n) is 17.1. The molecule has 0 radical (unpaired) electrons. The molecule has 0 bridgehead atoms. The van der Waals surface area contributed by atoms with Gasteiger partial charge in [0.05, 0.1) is 0 Å². The summed E-state index contributed by atoms with van der Waals surface area (Å²) in [6.45, 7) is 6.40. The Morgan fingerprint density at radius 2 is 1.20 bits per heavy atom. The van der Waals surface area contributed by atoms with Gasteiger partial charge in [-0.1, -0.05) is 128 Å². The van der Waals surface area contributed by atoms with E-state index in [1.54, 1.807) is 0 Å². The Kier molecular flexibility index (Phi) is 7.29. The molecule has 1 aliphatic carbocycles. The maximum absolute atomic E-state index is 6.55. The smallest absolute Gasteiger partial charge is 0.136 e. The standard InChI is InChI=1S/C48H34O2/c1-3-4-8-16-32-22-27-42-41(28-32)35-25-23-33(29-44(35)49-42)47-36-17-11-13-19-38(36)48(39-20-14-12-18-37(39)47)34-24-26-40-45(30-34)50-43-21-10-7-5-6-9-15-31(2)46(40)43/h3-6,8-30H,2,7H2,1H3/b4-3-,6-5-,15-9-,16-8-,21-10-. The molecule has 0 N–H and O–H groups in total. The lowest BCUT2D eigenvalue weighted by Crippen LogP contribution is -1.91. The highest BCUT2D eigenvalue weighted by molar-refractivity contribution is 6.22. The van der Waals surface area contributed by atoms with E-state index < -0.39 is 0 Å². The molecule has 0 unspecified atom stereocenters. The Morgan fingerprint density at radius 1 is 0.540 bits per heavy atom. The van der Waals surface area contributed by atoms with E-state index in [9.17, 15) is 0 Å². The lowest BCUT2D eigenvalue weighted by molar-refractivity contribution is 0.603. The van der Waals surface area contributed by atoms with Crippen LogP contribution in [0.4, 0.5) is 0 Å². The summed E-state index contributed by atoms with van der Waals surface area (Å²) in [7, 11) is 0. The second kappa shape index (κ2) is 12.3. The fourth-order valence-electron chi connectivity index (χ4n) is 7.47. The third kappa shape index (κ3) is 4.96. The second-order valence-corrected chi connectivity index (χ2v) is 12.8. The molecule has 2 heteroatoms. The summed E-state index contributed by atoms with van der Waals surface area (Å²) in [6, 6.07) is 37.2. The largest absolute Gasteiger partial charge is 0.456 e. The van der Waals surface area contributed by atoms with Crippen LogP contribution >= 0.6 is 0 Å². The molecule has 2 heterocycles. The third-order valence-electron chi connectivity index (χ3n) is 9.72. The highest BCUT2D eigenvalue weighted by Gasteiger charge is 2.20. The average Bonchev–Trinajstić information content (AvgIpc) is 3.70. The van der Waals surface area contributed by atoms with Gasteiger partial charge in [0.2, 0.25) is 0 Å². The van der Waals surface area contributed by atoms with E-state index >= 15 is 0 Å². The fourth-order valence-corrected chi connectivity index (χ4v) is 7.47. The number of allylic oxidation sites excluding steroid dienone is 9. The van der Waals surface area contributed by atoms with Gasteiger partial charge in [-0.2, -0.15) is 0 Å². The average molecular weight is 643 g/mol. The molecule has 9 rings (SSSR count). The number of fused-ring (bicyclic) bond motifs is 8. The van der Waals surface area contributed by atoms with Crippen LogP contribution < -0.4 is 0 Å². The van der Waals surface area contributed by atoms with Crippen LogP contribution in [0.3, 0.4) is 0 Å². The summed E-state index contributed by atoms with van der Waals surface area (Å²) in [6.07, 6.45) is 21.6. The molecule has 0 saturated heterocycles. The lowest BCUT2D eigenvalue weighted by Gasteiger charge is -2.17. The highest BCUT2D eigenvalue weighted by Crippen LogP contribution is 2.46. The molecule has 0 saturated carbocycles. The van der Waals surface area contributed by atoms with Gasteiger partial charge in [0.25, 0.3) is 0 Å². The van der Waals surface area contributed by atoms with Gasteiger partial charge in [-0.3, -0.25) is 0 Å². The minimum absolute atomic E-state index is 0.842. The summed E-state index contributed by atoms with van der Waals surface area (Å²) in [5.74, 6) is 0.842. The van der Waals surface area contributed by atoms with Crippen molar-refractivity contribution in [3.8, 4) is 22.3 Å². The van der Waals surface area contributed by atoms with Crippen molar-refractivity contribution in [3.05, 3.63) is 175 Å². The molecule has 0 atom stereocenters. The Bertz CT molecular complexity index is 2750. The topological polar surface area (TPSA) is 26.3 Å². The first-order chi connectivity index (χ1) is 24.7. The Hall–Kier alpha value is -6.38. The normalized spacial score (nSPS) is 15.6. The van der Waals surface area contributed by atoms with Crippen LogP contribution in [-0.2, 0) is 0 Å². The predicted molar refractivity (Wildman–Crippen MR) is 214 cm³/mol. The summed E-state index contributed by atoms with van der Waals surface area (Å²) >= 11 is 0. The summed E-state index contributed by atoms with van der Waals surface area (Å²) in [5.41, 5.74) is 10.4. The molecular weight excluding hydrogens is 609 g/mol. The Morgan fingerprint density at radius 3 is 1.88 bits per heavy atom. The van der Waals surface area contributed by atoms with Gasteiger partial charge >= 0.3 is 0 Å². The van der Waals surface area contributed by atoms with Crippen molar-refractivity contribution in [1.29, 1.82) is 0 Å². The molecule has 0 spiro atoms. The molecule has 2 aromatic heterocycles. The van der Waals surface area contributed by atoms with Crippen LogP contribution in [0.1, 0.15) is 30.2 Å². The highest BCUT2D eigenvalue weighted by atomic mass is 16.3. The first-order valence-corrected chi connectivity index (χ1v) is 17.1. The number of benzene rings is 6. The van der Waals surface area contributed by atoms with Gasteiger partial charge in [0.15, 0.2) is 0 Å². The van der Waals surface area contributed by atoms with Crippen molar-refractivity contribution in [3.63, 3.8) is 0 Å². The van der Waals surface area contributed by atoms with E-state index in [0.717, 1.165) is 72.9 Å². The van der Waals surface area contributed by atoms with Crippen molar-refractivity contribution in [1.82, 2.24) is 0 Å². The van der Waals surface area contributed by atoms with Gasteiger partial charge in [-0.05, 0) is 111 Å². The molecular formula is C48H34O2. The Labute approximate surface area is 291 Å². The molecule has 0 fully saturated rings. The quantitative estimate of drug-likeness (QED) is 0.141. The van der Waals surface area contributed by atoms with Crippen molar-refractivity contribution in [2.45, 2.75) is 13.3 Å². The third-order valence-corrected chi connectivity index (χ3v) is 9.72. The minimum atomic E-state index is 0.842. The van der Waals surface area contributed by atoms with Gasteiger partial charge < -0.3 is 8.83 Å². The summed E-state index contributed by atoms with van der Waals surface area (Å²) in [4.78, 5) is 0. The van der Waals surface area contributed by atoms with Gasteiger partial charge in [-0.15, -0.1) is 0 Å². The molecule has 8 aromatic rings. The van der Waals surface area contributed by atoms with Crippen molar-refractivity contribution in [2.75, 3.05) is 0 Å². The fraction of sp³-hybridized carbons (Fsp3) is 0.0417. The first kappa shape index (κ1) is 29.7. The zero-order chi connectivity index (χ0) is 33.6. The number of hydrogen-bond donors (Lipinski definition) is 0. The molecule has 0 amide bonds. The maximum Gasteiger partial charge on any atom is 0.136 e. The zero-order valence-corrected chi connectivity index (χ0v) is 27.8. The van der Waals surface area contributed by atoms with Gasteiger partial charge in [0, 0.05) is 21.7 Å². The van der Waals surface area contributed by atoms with Crippen molar-refractivity contribution in [2.24, 2.45) is 0 Å². The predicted octanol–water partition coefficient (Wildman–Crippen LogP) is 14.1. The van der Waals surface area contributed by atoms with E-state index in [-0.39, 0.29) is 0 Å². The van der Waals surface area contributed by atoms with Crippen LogP contribution in [0.25, 0.3) is 94.4 Å². The van der Waals surface area contributed by atoms with E-state index in [4.69, 9.17) is 8.83 Å². The zero-order valence-electron chi connectivity index (χ0n) is 27.8. The number of rotatable bonds is 4. The molecule has 1 aliphatic rings. The van der Waals surface area contributed by atoms with Gasteiger partial charge in [-0.25, -0.2) is 0 Å². The summed E-state index contributed by atoms with van der Waals surface area (Å²) < 4.78 is 13.0. The van der Waals surface area contributed by atoms with E-state index in [0.29, 0.717) is 0 Å². The maximum atomic E-state index is 6.55. The lowest BCUT2D eigenvalue weighted by atomic mass is 9.85. The minimum Gasteiger partial charge on any atom is -0.456 e. The van der Waals surface area contributed by atoms with Crippen LogP contribution in [0, 0.1) is 0 Å². The van der Waals surface area contributed by atoms with Crippen molar-refractivity contribution >= 4 is 72.2 Å². The van der Waals surface area contributed by atoms with Gasteiger partial charge in [0.1, 0.15) is 22.5 Å². The molecule has 0 aliphatic heterocycles. The van der Waals surface area contributed by atoms with Crippen LogP contribution in [0.2, 0.25) is 0 Å². The van der Waals surface area contributed by atoms with Crippen molar-refractivity contribution < 1.29 is 8.83 Å². The Balaban J connectivity index is 1.23. The molecule has 50 heavy (non-hydrogen) atoms. The van der Waals surface area contributed by atoms with E-state index in [1.807, 2.05) is 25.2 Å². The monoisotopic (exact) mass is 642 g/mol. The number of furan rings is 2. The molecule has 6 aromatic carbocycles. The molecule has 2 nitrogen and oxygen atoms in total. The van der Waals surface area contributed by atoms with E-state index in [1.165, 1.54) is 32.7 Å². The van der Waals surface area contributed by atoms with Crippen LogP contribution in [-0.4, -0.2) is 0 Å². The second-order valence-electron chi connectivity index (χ2n) is 12.8. The SMILES string of the molecule is C=C1/C=C\C=C/C/C=C\c2oc3cc(-c4c5ccccc5c(-c5ccc6c(c5)oc5ccc(/C=C\C=C/C)cc56)c5ccccc45)ccc3c21. The van der Waals surface area contributed by atoms with Crippen LogP contribution in [0.5, 0.6) is 0 Å². The number of hydrogen-bond acceptors (Lipinski definition) is 2. The summed E-state index contributed by atoms with van der Waals surface area (Å²) in [5, 5.41) is 8.09.